The summed E-state index contributed by atoms with van der Waals surface area (Å²) in [6.07, 6.45) is 1.57. The lowest BCUT2D eigenvalue weighted by molar-refractivity contribution is 0.584. The Bertz CT molecular complexity index is 752. The largest absolute Gasteiger partial charge is 0.319 e. The summed E-state index contributed by atoms with van der Waals surface area (Å²) in [6.45, 7) is 1.72. The van der Waals surface area contributed by atoms with Gasteiger partial charge in [-0.15, -0.1) is 5.10 Å². The molecular formula is C16H15FN4. The van der Waals surface area contributed by atoms with Crippen LogP contribution in [0.1, 0.15) is 22.9 Å². The summed E-state index contributed by atoms with van der Waals surface area (Å²) in [7, 11) is 0. The molecule has 0 saturated heterocycles. The van der Waals surface area contributed by atoms with Gasteiger partial charge in [0.25, 0.3) is 0 Å². The van der Waals surface area contributed by atoms with Crippen molar-refractivity contribution < 1.29 is 4.39 Å². The second-order valence-corrected chi connectivity index (χ2v) is 4.86. The Labute approximate surface area is 122 Å². The fourth-order valence-electron chi connectivity index (χ4n) is 2.29. The van der Waals surface area contributed by atoms with E-state index in [-0.39, 0.29) is 5.82 Å². The van der Waals surface area contributed by atoms with Crippen molar-refractivity contribution in [3.63, 3.8) is 0 Å². The number of aryl methyl sites for hydroxylation is 1. The van der Waals surface area contributed by atoms with Crippen LogP contribution in [0.5, 0.6) is 0 Å². The topological polar surface area (TPSA) is 56.7 Å². The summed E-state index contributed by atoms with van der Waals surface area (Å²) in [4.78, 5) is 0. The minimum Gasteiger partial charge on any atom is -0.319 e. The molecule has 3 aromatic rings. The van der Waals surface area contributed by atoms with Crippen molar-refractivity contribution in [2.24, 2.45) is 5.73 Å². The van der Waals surface area contributed by atoms with Crippen molar-refractivity contribution in [1.29, 1.82) is 0 Å². The molecule has 3 rings (SSSR count). The maximum atomic E-state index is 14.2. The van der Waals surface area contributed by atoms with Crippen LogP contribution >= 0.6 is 0 Å². The highest BCUT2D eigenvalue weighted by atomic mass is 19.1. The number of aromatic nitrogens is 3. The third kappa shape index (κ3) is 2.43. The van der Waals surface area contributed by atoms with E-state index in [1.165, 1.54) is 0 Å². The summed E-state index contributed by atoms with van der Waals surface area (Å²) in [6, 6.07) is 14.1. The normalized spacial score (nSPS) is 12.3. The Morgan fingerprint density at radius 2 is 1.86 bits per heavy atom. The van der Waals surface area contributed by atoms with Crippen LogP contribution in [0.4, 0.5) is 4.39 Å². The number of hydrogen-bond acceptors (Lipinski definition) is 3. The molecule has 1 aromatic heterocycles. The lowest BCUT2D eigenvalue weighted by Gasteiger charge is -2.15. The standard InChI is InChI=1S/C16H15FN4/c1-11-6-5-9-13(15(11)17)16(18)14-10-19-20-21(14)12-7-3-2-4-8-12/h2-10,16H,18H2,1H3. The van der Waals surface area contributed by atoms with E-state index in [1.54, 1.807) is 36.0 Å². The van der Waals surface area contributed by atoms with Crippen molar-refractivity contribution >= 4 is 0 Å². The van der Waals surface area contributed by atoms with Gasteiger partial charge in [-0.1, -0.05) is 41.6 Å². The molecule has 2 N–H and O–H groups in total. The van der Waals surface area contributed by atoms with Crippen LogP contribution < -0.4 is 5.73 Å². The molecule has 4 nitrogen and oxygen atoms in total. The quantitative estimate of drug-likeness (QED) is 0.803. The average molecular weight is 282 g/mol. The van der Waals surface area contributed by atoms with Crippen LogP contribution in [0.3, 0.4) is 0 Å². The van der Waals surface area contributed by atoms with Crippen LogP contribution in [0.2, 0.25) is 0 Å². The van der Waals surface area contributed by atoms with Gasteiger partial charge in [0.1, 0.15) is 5.82 Å². The first kappa shape index (κ1) is 13.5. The van der Waals surface area contributed by atoms with Crippen molar-refractivity contribution in [3.05, 3.63) is 77.4 Å². The third-order valence-electron chi connectivity index (χ3n) is 3.45. The molecule has 1 heterocycles. The lowest BCUT2D eigenvalue weighted by atomic mass is 10.0. The molecule has 0 fully saturated rings. The van der Waals surface area contributed by atoms with E-state index in [2.05, 4.69) is 10.3 Å². The zero-order chi connectivity index (χ0) is 14.8. The zero-order valence-electron chi connectivity index (χ0n) is 11.6. The van der Waals surface area contributed by atoms with Gasteiger partial charge in [0.2, 0.25) is 0 Å². The Morgan fingerprint density at radius 1 is 1.10 bits per heavy atom. The monoisotopic (exact) mass is 282 g/mol. The minimum atomic E-state index is -0.625. The number of nitrogens with zero attached hydrogens (tertiary/aromatic N) is 3. The van der Waals surface area contributed by atoms with Crippen LogP contribution in [0.15, 0.2) is 54.7 Å². The molecule has 0 radical (unpaired) electrons. The highest BCUT2D eigenvalue weighted by molar-refractivity contribution is 5.36. The minimum absolute atomic E-state index is 0.286. The Kier molecular flexibility index (Phi) is 3.50. The summed E-state index contributed by atoms with van der Waals surface area (Å²) < 4.78 is 15.9. The van der Waals surface area contributed by atoms with E-state index in [0.29, 0.717) is 16.8 Å². The highest BCUT2D eigenvalue weighted by Gasteiger charge is 2.19. The first-order valence-electron chi connectivity index (χ1n) is 6.65. The average Bonchev–Trinajstić information content (AvgIpc) is 3.00. The van der Waals surface area contributed by atoms with Gasteiger partial charge in [0.15, 0.2) is 0 Å². The van der Waals surface area contributed by atoms with Crippen LogP contribution in [-0.4, -0.2) is 15.0 Å². The van der Waals surface area contributed by atoms with Gasteiger partial charge in [-0.2, -0.15) is 0 Å². The molecule has 0 saturated carbocycles. The second kappa shape index (κ2) is 5.46. The van der Waals surface area contributed by atoms with Gasteiger partial charge in [-0.05, 0) is 24.6 Å². The van der Waals surface area contributed by atoms with Crippen molar-refractivity contribution in [2.75, 3.05) is 0 Å². The van der Waals surface area contributed by atoms with E-state index in [9.17, 15) is 4.39 Å². The van der Waals surface area contributed by atoms with Crippen LogP contribution in [0, 0.1) is 12.7 Å². The number of benzene rings is 2. The molecule has 0 aliphatic rings. The van der Waals surface area contributed by atoms with Gasteiger partial charge >= 0.3 is 0 Å². The van der Waals surface area contributed by atoms with Crippen LogP contribution in [-0.2, 0) is 0 Å². The summed E-state index contributed by atoms with van der Waals surface area (Å²) >= 11 is 0. The van der Waals surface area contributed by atoms with E-state index in [0.717, 1.165) is 5.69 Å². The molecule has 1 atom stereocenters. The molecule has 21 heavy (non-hydrogen) atoms. The molecule has 0 amide bonds. The van der Waals surface area contributed by atoms with Gasteiger partial charge in [-0.3, -0.25) is 0 Å². The summed E-state index contributed by atoms with van der Waals surface area (Å²) in [5.41, 5.74) is 8.72. The molecule has 106 valence electrons. The second-order valence-electron chi connectivity index (χ2n) is 4.86. The van der Waals surface area contributed by atoms with Gasteiger partial charge in [0, 0.05) is 5.56 Å². The SMILES string of the molecule is Cc1cccc(C(N)c2cnnn2-c2ccccc2)c1F. The van der Waals surface area contributed by atoms with E-state index < -0.39 is 6.04 Å². The number of nitrogens with two attached hydrogens (primary N) is 1. The maximum Gasteiger partial charge on any atom is 0.131 e. The van der Waals surface area contributed by atoms with Crippen molar-refractivity contribution in [3.8, 4) is 5.69 Å². The molecule has 0 spiro atoms. The lowest BCUT2D eigenvalue weighted by Crippen LogP contribution is -2.18. The Hall–Kier alpha value is -2.53. The number of hydrogen-bond donors (Lipinski definition) is 1. The van der Waals surface area contributed by atoms with Gasteiger partial charge in [-0.25, -0.2) is 9.07 Å². The van der Waals surface area contributed by atoms with Crippen LogP contribution in [0.25, 0.3) is 5.69 Å². The molecule has 0 bridgehead atoms. The molecule has 1 unspecified atom stereocenters. The zero-order valence-corrected chi connectivity index (χ0v) is 11.6. The smallest absolute Gasteiger partial charge is 0.131 e. The fourth-order valence-corrected chi connectivity index (χ4v) is 2.29. The number of para-hydroxylation sites is 1. The number of halogens is 1. The van der Waals surface area contributed by atoms with Crippen molar-refractivity contribution in [2.45, 2.75) is 13.0 Å². The maximum absolute atomic E-state index is 14.2. The van der Waals surface area contributed by atoms with Crippen molar-refractivity contribution in [1.82, 2.24) is 15.0 Å². The van der Waals surface area contributed by atoms with Gasteiger partial charge in [0.05, 0.1) is 23.6 Å². The van der Waals surface area contributed by atoms with E-state index in [4.69, 9.17) is 5.73 Å². The first-order valence-corrected chi connectivity index (χ1v) is 6.65. The third-order valence-corrected chi connectivity index (χ3v) is 3.45. The molecule has 0 aliphatic heterocycles. The van der Waals surface area contributed by atoms with E-state index >= 15 is 0 Å². The predicted molar refractivity (Wildman–Crippen MR) is 78.5 cm³/mol. The number of rotatable bonds is 3. The molecule has 5 heteroatoms. The molecule has 0 aliphatic carbocycles. The summed E-state index contributed by atoms with van der Waals surface area (Å²) in [5.74, 6) is -0.286. The first-order chi connectivity index (χ1) is 10.2. The van der Waals surface area contributed by atoms with Gasteiger partial charge < -0.3 is 5.73 Å². The van der Waals surface area contributed by atoms with E-state index in [1.807, 2.05) is 30.3 Å². The Balaban J connectivity index is 2.06. The molecule has 2 aromatic carbocycles. The fraction of sp³-hybridized carbons (Fsp3) is 0.125. The highest BCUT2D eigenvalue weighted by Crippen LogP contribution is 2.24. The Morgan fingerprint density at radius 3 is 2.62 bits per heavy atom. The predicted octanol–water partition coefficient (Wildman–Crippen LogP) is 2.76. The summed E-state index contributed by atoms with van der Waals surface area (Å²) in [5, 5.41) is 7.96. The molecular weight excluding hydrogens is 267 g/mol.